The van der Waals surface area contributed by atoms with Gasteiger partial charge < -0.3 is 10.1 Å². The van der Waals surface area contributed by atoms with Gasteiger partial charge in [0.25, 0.3) is 5.56 Å². The molecular formula is C21H27N3O4S. The first-order valence-electron chi connectivity index (χ1n) is 9.96. The van der Waals surface area contributed by atoms with E-state index in [1.807, 2.05) is 6.07 Å². The van der Waals surface area contributed by atoms with Crippen LogP contribution < -0.4 is 10.9 Å². The van der Waals surface area contributed by atoms with Crippen LogP contribution in [0.25, 0.3) is 10.9 Å². The molecule has 0 atom stereocenters. The van der Waals surface area contributed by atoms with Crippen molar-refractivity contribution in [2.75, 3.05) is 12.9 Å². The summed E-state index contributed by atoms with van der Waals surface area (Å²) in [7, 11) is 1.32. The summed E-state index contributed by atoms with van der Waals surface area (Å²) in [6.07, 6.45) is 4.36. The van der Waals surface area contributed by atoms with Gasteiger partial charge in [0.2, 0.25) is 5.91 Å². The van der Waals surface area contributed by atoms with Gasteiger partial charge in [0.1, 0.15) is 0 Å². The van der Waals surface area contributed by atoms with E-state index in [0.717, 1.165) is 31.6 Å². The summed E-state index contributed by atoms with van der Waals surface area (Å²) in [6.45, 7) is 2.40. The van der Waals surface area contributed by atoms with E-state index in [0.29, 0.717) is 16.1 Å². The van der Waals surface area contributed by atoms with Crippen molar-refractivity contribution in [1.82, 2.24) is 14.9 Å². The number of hydrogen-bond donors (Lipinski definition) is 1. The van der Waals surface area contributed by atoms with Crippen LogP contribution in [0.15, 0.2) is 34.2 Å². The number of nitrogens with one attached hydrogen (secondary N) is 1. The second-order valence-electron chi connectivity index (χ2n) is 7.51. The fourth-order valence-corrected chi connectivity index (χ4v) is 4.40. The molecular weight excluding hydrogens is 390 g/mol. The number of rotatable bonds is 7. The lowest BCUT2D eigenvalue weighted by Gasteiger charge is -2.26. The molecule has 3 rings (SSSR count). The van der Waals surface area contributed by atoms with E-state index < -0.39 is 5.97 Å². The Kier molecular flexibility index (Phi) is 7.30. The predicted molar refractivity (Wildman–Crippen MR) is 113 cm³/mol. The molecule has 29 heavy (non-hydrogen) atoms. The molecule has 0 aliphatic heterocycles. The number of methoxy groups -OCH3 is 1. The molecule has 8 heteroatoms. The highest BCUT2D eigenvalue weighted by Crippen LogP contribution is 2.24. The quantitative estimate of drug-likeness (QED) is 0.423. The summed E-state index contributed by atoms with van der Waals surface area (Å²) in [5, 5.41) is 4.01. The zero-order valence-electron chi connectivity index (χ0n) is 16.8. The third-order valence-electron chi connectivity index (χ3n) is 5.31. The van der Waals surface area contributed by atoms with E-state index >= 15 is 0 Å². The summed E-state index contributed by atoms with van der Waals surface area (Å²) in [4.78, 5) is 41.4. The Labute approximate surface area is 174 Å². The molecule has 1 heterocycles. The average molecular weight is 418 g/mol. The second kappa shape index (κ2) is 9.91. The van der Waals surface area contributed by atoms with Crippen molar-refractivity contribution in [2.24, 2.45) is 5.92 Å². The predicted octanol–water partition coefficient (Wildman–Crippen LogP) is 2.75. The van der Waals surface area contributed by atoms with Crippen molar-refractivity contribution in [3.63, 3.8) is 0 Å². The maximum atomic E-state index is 12.9. The molecule has 156 valence electrons. The maximum absolute atomic E-state index is 12.9. The van der Waals surface area contributed by atoms with Crippen molar-refractivity contribution in [1.29, 1.82) is 0 Å². The van der Waals surface area contributed by atoms with Crippen LogP contribution in [0.2, 0.25) is 0 Å². The first kappa shape index (κ1) is 21.4. The normalized spacial score (nSPS) is 19.1. The van der Waals surface area contributed by atoms with E-state index in [9.17, 15) is 14.4 Å². The number of amides is 1. The topological polar surface area (TPSA) is 90.3 Å². The molecule has 1 aliphatic rings. The molecule has 0 bridgehead atoms. The smallest absolute Gasteiger partial charge is 0.307 e. The number of hydrogen-bond acceptors (Lipinski definition) is 6. The number of carbonyl (C=O) groups excluding carboxylic acids is 2. The SMILES string of the molecule is COC(=O)CCn1c(SCC(=O)NC2CCC(C)CC2)nc2ccccc2c1=O. The fraction of sp³-hybridized carbons (Fsp3) is 0.524. The summed E-state index contributed by atoms with van der Waals surface area (Å²) in [5.41, 5.74) is 0.361. The Balaban J connectivity index is 1.73. The third kappa shape index (κ3) is 5.59. The number of fused-ring (bicyclic) bond motifs is 1. The monoisotopic (exact) mass is 417 g/mol. The Morgan fingerprint density at radius 3 is 2.69 bits per heavy atom. The van der Waals surface area contributed by atoms with Gasteiger partial charge in [-0.25, -0.2) is 4.98 Å². The Morgan fingerprint density at radius 1 is 1.24 bits per heavy atom. The first-order valence-corrected chi connectivity index (χ1v) is 10.9. The highest BCUT2D eigenvalue weighted by Gasteiger charge is 2.20. The Bertz CT molecular complexity index is 935. The number of esters is 1. The van der Waals surface area contributed by atoms with Gasteiger partial charge in [0, 0.05) is 12.6 Å². The van der Waals surface area contributed by atoms with Crippen LogP contribution in [-0.2, 0) is 20.9 Å². The highest BCUT2D eigenvalue weighted by molar-refractivity contribution is 7.99. The minimum Gasteiger partial charge on any atom is -0.469 e. The highest BCUT2D eigenvalue weighted by atomic mass is 32.2. The van der Waals surface area contributed by atoms with Gasteiger partial charge in [-0.1, -0.05) is 30.8 Å². The van der Waals surface area contributed by atoms with Crippen LogP contribution in [0.4, 0.5) is 0 Å². The largest absolute Gasteiger partial charge is 0.469 e. The molecule has 1 aromatic carbocycles. The molecule has 7 nitrogen and oxygen atoms in total. The van der Waals surface area contributed by atoms with Gasteiger partial charge in [0.05, 0.1) is 30.2 Å². The lowest BCUT2D eigenvalue weighted by Crippen LogP contribution is -2.38. The standard InChI is InChI=1S/C21H27N3O4S/c1-14-7-9-15(10-8-14)22-18(25)13-29-21-23-17-6-4-3-5-16(17)20(27)24(21)12-11-19(26)28-2/h3-6,14-15H,7-13H2,1-2H3,(H,22,25). The van der Waals surface area contributed by atoms with Crippen LogP contribution in [0.3, 0.4) is 0 Å². The lowest BCUT2D eigenvalue weighted by molar-refractivity contribution is -0.140. The number of aromatic nitrogens is 2. The van der Waals surface area contributed by atoms with Crippen LogP contribution in [0.5, 0.6) is 0 Å². The van der Waals surface area contributed by atoms with Gasteiger partial charge in [-0.2, -0.15) is 0 Å². The third-order valence-corrected chi connectivity index (χ3v) is 6.28. The van der Waals surface area contributed by atoms with Gasteiger partial charge in [-0.15, -0.1) is 0 Å². The number of thioether (sulfide) groups is 1. The molecule has 0 radical (unpaired) electrons. The van der Waals surface area contributed by atoms with Crippen molar-refractivity contribution in [3.8, 4) is 0 Å². The summed E-state index contributed by atoms with van der Waals surface area (Å²) in [6, 6.07) is 7.31. The fourth-order valence-electron chi connectivity index (χ4n) is 3.56. The molecule has 0 unspecified atom stereocenters. The van der Waals surface area contributed by atoms with Crippen molar-refractivity contribution in [3.05, 3.63) is 34.6 Å². The van der Waals surface area contributed by atoms with E-state index in [-0.39, 0.29) is 36.2 Å². The van der Waals surface area contributed by atoms with Gasteiger partial charge in [0.15, 0.2) is 5.16 Å². The second-order valence-corrected chi connectivity index (χ2v) is 8.45. The van der Waals surface area contributed by atoms with Gasteiger partial charge in [-0.05, 0) is 43.7 Å². The van der Waals surface area contributed by atoms with Gasteiger partial charge in [-0.3, -0.25) is 19.0 Å². The molecule has 2 aromatic rings. The molecule has 0 saturated heterocycles. The number of nitrogens with zero attached hydrogens (tertiary/aromatic N) is 2. The van der Waals surface area contributed by atoms with Crippen LogP contribution in [-0.4, -0.2) is 40.3 Å². The lowest BCUT2D eigenvalue weighted by atomic mass is 9.87. The number of benzene rings is 1. The van der Waals surface area contributed by atoms with Crippen LogP contribution in [0, 0.1) is 5.92 Å². The zero-order chi connectivity index (χ0) is 20.8. The van der Waals surface area contributed by atoms with Crippen LogP contribution in [0.1, 0.15) is 39.0 Å². The van der Waals surface area contributed by atoms with E-state index in [1.165, 1.54) is 23.4 Å². The average Bonchev–Trinajstić information content (AvgIpc) is 2.73. The molecule has 1 aromatic heterocycles. The minimum absolute atomic E-state index is 0.0588. The first-order chi connectivity index (χ1) is 14.0. The molecule has 1 aliphatic carbocycles. The van der Waals surface area contributed by atoms with Crippen LogP contribution >= 0.6 is 11.8 Å². The Hall–Kier alpha value is -2.35. The van der Waals surface area contributed by atoms with E-state index in [4.69, 9.17) is 0 Å². The number of para-hydroxylation sites is 1. The summed E-state index contributed by atoms with van der Waals surface area (Å²) in [5.74, 6) is 0.444. The molecule has 1 N–H and O–H groups in total. The molecule has 1 amide bonds. The summed E-state index contributed by atoms with van der Waals surface area (Å²) < 4.78 is 6.14. The Morgan fingerprint density at radius 2 is 1.97 bits per heavy atom. The molecule has 1 fully saturated rings. The molecule has 0 spiro atoms. The van der Waals surface area contributed by atoms with Crippen molar-refractivity contribution >= 4 is 34.5 Å². The van der Waals surface area contributed by atoms with Gasteiger partial charge >= 0.3 is 5.97 Å². The zero-order valence-corrected chi connectivity index (χ0v) is 17.7. The van der Waals surface area contributed by atoms with E-state index in [1.54, 1.807) is 18.2 Å². The van der Waals surface area contributed by atoms with E-state index in [2.05, 4.69) is 22.0 Å². The van der Waals surface area contributed by atoms with Crippen molar-refractivity contribution in [2.45, 2.75) is 56.8 Å². The number of ether oxygens (including phenoxy) is 1. The maximum Gasteiger partial charge on any atom is 0.307 e. The molecule has 1 saturated carbocycles. The summed E-state index contributed by atoms with van der Waals surface area (Å²) >= 11 is 1.22. The van der Waals surface area contributed by atoms with Crippen molar-refractivity contribution < 1.29 is 14.3 Å². The number of carbonyl (C=O) groups is 2. The minimum atomic E-state index is -0.398.